The Kier molecular flexibility index (Phi) is 4.62. The molecule has 3 aromatic carbocycles. The second-order valence-electron chi connectivity index (χ2n) is 8.98. The van der Waals surface area contributed by atoms with Crippen LogP contribution in [0.5, 0.6) is 0 Å². The molecule has 3 aliphatic rings. The number of hydrogen-bond donors (Lipinski definition) is 0. The average Bonchev–Trinajstić information content (AvgIpc) is 3.41. The Balaban J connectivity index is 1.54. The van der Waals surface area contributed by atoms with E-state index in [1.807, 2.05) is 0 Å². The van der Waals surface area contributed by atoms with Crippen molar-refractivity contribution in [2.45, 2.75) is 18.6 Å². The van der Waals surface area contributed by atoms with E-state index in [-0.39, 0.29) is 16.8 Å². The second-order valence-corrected chi connectivity index (χ2v) is 9.39. The van der Waals surface area contributed by atoms with E-state index in [0.29, 0.717) is 10.6 Å². The number of halogens is 2. The van der Waals surface area contributed by atoms with Crippen LogP contribution < -0.4 is 4.90 Å². The maximum Gasteiger partial charge on any atom is 0.241 e. The molecule has 0 bridgehead atoms. The van der Waals surface area contributed by atoms with E-state index >= 15 is 0 Å². The number of carbonyl (C=O) groups is 4. The Morgan fingerprint density at radius 1 is 0.886 bits per heavy atom. The van der Waals surface area contributed by atoms with Crippen molar-refractivity contribution < 1.29 is 28.3 Å². The Labute approximate surface area is 204 Å². The Morgan fingerprint density at radius 3 is 2.11 bits per heavy atom. The van der Waals surface area contributed by atoms with Crippen LogP contribution >= 0.6 is 11.6 Å². The molecule has 2 fully saturated rings. The monoisotopic (exact) mass is 489 g/mol. The molecule has 0 radical (unpaired) electrons. The Hall–Kier alpha value is -3.68. The summed E-state index contributed by atoms with van der Waals surface area (Å²) in [5.41, 5.74) is -0.492. The lowest BCUT2D eigenvalue weighted by molar-refractivity contribution is -0.127. The molecule has 1 spiro atoms. The third-order valence-corrected chi connectivity index (χ3v) is 7.54. The zero-order chi connectivity index (χ0) is 24.6. The van der Waals surface area contributed by atoms with E-state index in [2.05, 4.69) is 0 Å². The molecule has 0 aromatic heterocycles. The summed E-state index contributed by atoms with van der Waals surface area (Å²) in [7, 11) is 0. The number of carbonyl (C=O) groups excluding carboxylic acids is 4. The van der Waals surface area contributed by atoms with Crippen molar-refractivity contribution in [1.29, 1.82) is 0 Å². The molecule has 6 nitrogen and oxygen atoms in total. The first-order chi connectivity index (χ1) is 16.8. The van der Waals surface area contributed by atoms with Crippen LogP contribution in [0.1, 0.15) is 37.9 Å². The first kappa shape index (κ1) is 21.8. The van der Waals surface area contributed by atoms with Crippen molar-refractivity contribution in [3.8, 4) is 0 Å². The largest absolute Gasteiger partial charge is 0.349 e. The van der Waals surface area contributed by atoms with Gasteiger partial charge in [-0.3, -0.25) is 19.2 Å². The Morgan fingerprint density at radius 2 is 1.51 bits per heavy atom. The highest BCUT2D eigenvalue weighted by Gasteiger charge is 2.74. The summed E-state index contributed by atoms with van der Waals surface area (Å²) in [6.07, 6.45) is -1.11. The van der Waals surface area contributed by atoms with Crippen LogP contribution in [0.15, 0.2) is 66.7 Å². The highest BCUT2D eigenvalue weighted by Crippen LogP contribution is 2.57. The summed E-state index contributed by atoms with van der Waals surface area (Å²) < 4.78 is 19.8. The molecular formula is C27H17ClFNO5. The first-order valence-electron chi connectivity index (χ1n) is 11.0. The number of Topliss-reactive ketones (excluding diaryl/α,β-unsaturated/α-hetero) is 2. The van der Waals surface area contributed by atoms with Crippen LogP contribution in [0.3, 0.4) is 0 Å². The van der Waals surface area contributed by atoms with Crippen LogP contribution in [0.25, 0.3) is 0 Å². The van der Waals surface area contributed by atoms with Crippen LogP contribution in [0.2, 0.25) is 5.02 Å². The number of anilines is 1. The number of ether oxygens (including phenoxy) is 1. The van der Waals surface area contributed by atoms with Gasteiger partial charge in [0.15, 0.2) is 0 Å². The highest BCUT2D eigenvalue weighted by molar-refractivity contribution is 6.37. The predicted molar refractivity (Wildman–Crippen MR) is 124 cm³/mol. The van der Waals surface area contributed by atoms with E-state index in [9.17, 15) is 23.6 Å². The average molecular weight is 490 g/mol. The molecule has 0 saturated carbocycles. The highest BCUT2D eigenvalue weighted by atomic mass is 35.5. The molecule has 2 aliphatic heterocycles. The molecule has 174 valence electrons. The first-order valence-corrected chi connectivity index (χ1v) is 11.4. The van der Waals surface area contributed by atoms with Gasteiger partial charge in [0.05, 0.1) is 23.6 Å². The number of nitrogens with zero attached hydrogens (tertiary/aromatic N) is 1. The van der Waals surface area contributed by atoms with E-state index in [1.54, 1.807) is 31.2 Å². The summed E-state index contributed by atoms with van der Waals surface area (Å²) in [5.74, 6) is -5.65. The van der Waals surface area contributed by atoms with Gasteiger partial charge in [-0.2, -0.15) is 0 Å². The minimum atomic E-state index is -2.18. The summed E-state index contributed by atoms with van der Waals surface area (Å²) in [6.45, 7) is 1.79. The van der Waals surface area contributed by atoms with Crippen molar-refractivity contribution in [3.05, 3.63) is 99.8 Å². The summed E-state index contributed by atoms with van der Waals surface area (Å²) >= 11 is 6.26. The third kappa shape index (κ3) is 2.79. The lowest BCUT2D eigenvalue weighted by atomic mass is 9.77. The number of imide groups is 1. The van der Waals surface area contributed by atoms with Gasteiger partial charge in [-0.1, -0.05) is 54.1 Å². The number of hydrogen-bond acceptors (Lipinski definition) is 5. The zero-order valence-corrected chi connectivity index (χ0v) is 19.1. The molecule has 2 heterocycles. The lowest BCUT2D eigenvalue weighted by Crippen LogP contribution is -2.51. The molecule has 6 rings (SSSR count). The van der Waals surface area contributed by atoms with Gasteiger partial charge in [0.25, 0.3) is 0 Å². The van der Waals surface area contributed by atoms with Crippen molar-refractivity contribution >= 4 is 40.7 Å². The van der Waals surface area contributed by atoms with Gasteiger partial charge in [-0.15, -0.1) is 0 Å². The minimum absolute atomic E-state index is 0.146. The minimum Gasteiger partial charge on any atom is -0.349 e. The fourth-order valence-electron chi connectivity index (χ4n) is 5.45. The van der Waals surface area contributed by atoms with Crippen molar-refractivity contribution in [3.63, 3.8) is 0 Å². The summed E-state index contributed by atoms with van der Waals surface area (Å²) in [4.78, 5) is 56.0. The molecule has 3 aromatic rings. The smallest absolute Gasteiger partial charge is 0.241 e. The van der Waals surface area contributed by atoms with Gasteiger partial charge < -0.3 is 4.74 Å². The SMILES string of the molecule is Cc1ccc(N2C(=O)[C@@H]3[C@@H](c4ccc(F)cc4)OC4(C(=O)c5ccccc5C4=O)[C@H]3C2=O)cc1Cl. The van der Waals surface area contributed by atoms with Gasteiger partial charge in [0.1, 0.15) is 5.82 Å². The van der Waals surface area contributed by atoms with E-state index in [0.717, 1.165) is 10.5 Å². The number of amides is 2. The van der Waals surface area contributed by atoms with Crippen LogP contribution in [-0.4, -0.2) is 29.0 Å². The molecule has 8 heteroatoms. The van der Waals surface area contributed by atoms with Crippen LogP contribution in [0, 0.1) is 24.6 Å². The van der Waals surface area contributed by atoms with Crippen LogP contribution in [-0.2, 0) is 14.3 Å². The third-order valence-electron chi connectivity index (χ3n) is 7.13. The molecule has 2 saturated heterocycles. The number of aryl methyl sites for hydroxylation is 1. The standard InChI is InChI=1S/C27H17ClFNO5/c1-13-6-11-16(12-19(13)28)30-25(33)20-21(26(30)34)27(35-22(20)14-7-9-15(29)10-8-14)23(31)17-4-2-3-5-18(17)24(27)32/h2-12,20-22H,1H3/t20-,21+,22+/m0/s1. The molecule has 0 unspecified atom stereocenters. The summed E-state index contributed by atoms with van der Waals surface area (Å²) in [5, 5.41) is 0.363. The number of fused-ring (bicyclic) bond motifs is 3. The maximum absolute atomic E-state index is 13.8. The van der Waals surface area contributed by atoms with Crippen molar-refractivity contribution in [1.82, 2.24) is 0 Å². The molecule has 2 amide bonds. The van der Waals surface area contributed by atoms with E-state index < -0.39 is 52.7 Å². The van der Waals surface area contributed by atoms with Gasteiger partial charge in [-0.25, -0.2) is 9.29 Å². The fourth-order valence-corrected chi connectivity index (χ4v) is 5.62. The normalized spacial score (nSPS) is 24.4. The van der Waals surface area contributed by atoms with Gasteiger partial charge in [0.2, 0.25) is 29.0 Å². The number of benzene rings is 3. The predicted octanol–water partition coefficient (Wildman–Crippen LogP) is 4.48. The van der Waals surface area contributed by atoms with Gasteiger partial charge in [0, 0.05) is 16.1 Å². The van der Waals surface area contributed by atoms with Gasteiger partial charge >= 0.3 is 0 Å². The molecule has 1 aliphatic carbocycles. The second kappa shape index (κ2) is 7.41. The molecular weight excluding hydrogens is 473 g/mol. The Bertz CT molecular complexity index is 1430. The summed E-state index contributed by atoms with van der Waals surface area (Å²) in [6, 6.07) is 16.3. The molecule has 35 heavy (non-hydrogen) atoms. The number of ketones is 2. The maximum atomic E-state index is 13.8. The molecule has 3 atom stereocenters. The topological polar surface area (TPSA) is 80.8 Å². The van der Waals surface area contributed by atoms with Crippen molar-refractivity contribution in [2.24, 2.45) is 11.8 Å². The molecule has 0 N–H and O–H groups in total. The van der Waals surface area contributed by atoms with Gasteiger partial charge in [-0.05, 0) is 42.3 Å². The zero-order valence-electron chi connectivity index (χ0n) is 18.3. The fraction of sp³-hybridized carbons (Fsp3) is 0.185. The van der Waals surface area contributed by atoms with E-state index in [4.69, 9.17) is 16.3 Å². The van der Waals surface area contributed by atoms with E-state index in [1.165, 1.54) is 42.5 Å². The van der Waals surface area contributed by atoms with Crippen LogP contribution in [0.4, 0.5) is 10.1 Å². The lowest BCUT2D eigenvalue weighted by Gasteiger charge is -2.27. The van der Waals surface area contributed by atoms with Crippen molar-refractivity contribution in [2.75, 3.05) is 4.90 Å². The quantitative estimate of drug-likeness (QED) is 0.391. The number of rotatable bonds is 2.